The van der Waals surface area contributed by atoms with Crippen molar-refractivity contribution >= 4 is 17.3 Å². The molecule has 0 aliphatic rings. The molecule has 7 nitrogen and oxygen atoms in total. The number of rotatable bonds is 9. The summed E-state index contributed by atoms with van der Waals surface area (Å²) in [6.07, 6.45) is 1.63. The maximum Gasteiger partial charge on any atom is 0.292 e. The highest BCUT2D eigenvalue weighted by atomic mass is 16.6. The first-order valence-electron chi connectivity index (χ1n) is 8.39. The molecule has 0 fully saturated rings. The molecule has 0 saturated heterocycles. The van der Waals surface area contributed by atoms with Gasteiger partial charge in [0.25, 0.3) is 11.6 Å². The molecule has 138 valence electrons. The largest absolute Gasteiger partial charge is 0.393 e. The number of nitrogens with zero attached hydrogens (tertiary/aromatic N) is 2. The molecule has 2 N–H and O–H groups in total. The van der Waals surface area contributed by atoms with Gasteiger partial charge in [-0.2, -0.15) is 0 Å². The highest BCUT2D eigenvalue weighted by Crippen LogP contribution is 2.23. The van der Waals surface area contributed by atoms with Crippen LogP contribution in [0.1, 0.15) is 22.3 Å². The van der Waals surface area contributed by atoms with Crippen molar-refractivity contribution in [3.63, 3.8) is 0 Å². The minimum absolute atomic E-state index is 0.0408. The molecule has 0 saturated carbocycles. The fraction of sp³-hybridized carbons (Fsp3) is 0.316. The average molecular weight is 357 g/mol. The molecule has 1 amide bonds. The van der Waals surface area contributed by atoms with E-state index in [4.69, 9.17) is 10.5 Å². The van der Waals surface area contributed by atoms with Crippen molar-refractivity contribution in [2.24, 2.45) is 0 Å². The highest BCUT2D eigenvalue weighted by molar-refractivity contribution is 5.95. The van der Waals surface area contributed by atoms with E-state index in [1.165, 1.54) is 23.8 Å². The van der Waals surface area contributed by atoms with Crippen LogP contribution < -0.4 is 5.73 Å². The van der Waals surface area contributed by atoms with E-state index >= 15 is 0 Å². The maximum atomic E-state index is 12.8. The number of aryl methyl sites for hydroxylation is 1. The van der Waals surface area contributed by atoms with E-state index in [0.717, 1.165) is 12.8 Å². The van der Waals surface area contributed by atoms with Gasteiger partial charge in [0.2, 0.25) is 0 Å². The van der Waals surface area contributed by atoms with Crippen molar-refractivity contribution in [2.75, 3.05) is 32.5 Å². The molecule has 26 heavy (non-hydrogen) atoms. The summed E-state index contributed by atoms with van der Waals surface area (Å²) in [4.78, 5) is 24.9. The lowest BCUT2D eigenvalue weighted by Gasteiger charge is -2.22. The number of nitrogens with two attached hydrogens (primary N) is 1. The Kier molecular flexibility index (Phi) is 7.11. The van der Waals surface area contributed by atoms with Crippen molar-refractivity contribution in [3.05, 3.63) is 69.8 Å². The number of nitrogen functional groups attached to an aromatic ring is 1. The van der Waals surface area contributed by atoms with Crippen LogP contribution in [-0.4, -0.2) is 42.5 Å². The molecule has 0 unspecified atom stereocenters. The Bertz CT molecular complexity index is 750. The second-order valence-electron chi connectivity index (χ2n) is 5.90. The number of methoxy groups -OCH3 is 1. The smallest absolute Gasteiger partial charge is 0.292 e. The molecule has 0 spiro atoms. The monoisotopic (exact) mass is 357 g/mol. The van der Waals surface area contributed by atoms with E-state index in [1.54, 1.807) is 12.0 Å². The van der Waals surface area contributed by atoms with Crippen LogP contribution in [0.25, 0.3) is 0 Å². The Balaban J connectivity index is 2.08. The first-order chi connectivity index (χ1) is 12.5. The van der Waals surface area contributed by atoms with Gasteiger partial charge in [-0.1, -0.05) is 30.3 Å². The number of hydrogen-bond acceptors (Lipinski definition) is 5. The van der Waals surface area contributed by atoms with Crippen molar-refractivity contribution in [1.29, 1.82) is 0 Å². The molecule has 0 aliphatic heterocycles. The van der Waals surface area contributed by atoms with Gasteiger partial charge in [-0.25, -0.2) is 0 Å². The van der Waals surface area contributed by atoms with Crippen LogP contribution in [-0.2, 0) is 11.2 Å². The van der Waals surface area contributed by atoms with Crippen molar-refractivity contribution in [2.45, 2.75) is 12.8 Å². The average Bonchev–Trinajstić information content (AvgIpc) is 2.65. The Morgan fingerprint density at radius 3 is 2.58 bits per heavy atom. The summed E-state index contributed by atoms with van der Waals surface area (Å²) in [7, 11) is 1.57. The van der Waals surface area contributed by atoms with Gasteiger partial charge < -0.3 is 15.4 Å². The first-order valence-corrected chi connectivity index (χ1v) is 8.39. The minimum Gasteiger partial charge on any atom is -0.393 e. The molecule has 0 radical (unpaired) electrons. The Morgan fingerprint density at radius 1 is 1.19 bits per heavy atom. The number of nitro benzene ring substituents is 1. The normalized spacial score (nSPS) is 10.5. The number of ether oxygens (including phenoxy) is 1. The summed E-state index contributed by atoms with van der Waals surface area (Å²) >= 11 is 0. The third-order valence-corrected chi connectivity index (χ3v) is 4.06. The van der Waals surface area contributed by atoms with Gasteiger partial charge in [-0.3, -0.25) is 14.9 Å². The van der Waals surface area contributed by atoms with E-state index in [9.17, 15) is 14.9 Å². The van der Waals surface area contributed by atoms with Crippen LogP contribution in [0.3, 0.4) is 0 Å². The van der Waals surface area contributed by atoms with Gasteiger partial charge in [0.1, 0.15) is 5.69 Å². The molecular formula is C19H23N3O4. The first kappa shape index (κ1) is 19.4. The highest BCUT2D eigenvalue weighted by Gasteiger charge is 2.20. The van der Waals surface area contributed by atoms with Crippen LogP contribution >= 0.6 is 0 Å². The van der Waals surface area contributed by atoms with Gasteiger partial charge in [-0.15, -0.1) is 0 Å². The summed E-state index contributed by atoms with van der Waals surface area (Å²) in [5, 5.41) is 11.0. The van der Waals surface area contributed by atoms with Crippen LogP contribution in [0, 0.1) is 10.1 Å². The third-order valence-electron chi connectivity index (χ3n) is 4.06. The molecule has 2 rings (SSSR count). The lowest BCUT2D eigenvalue weighted by molar-refractivity contribution is -0.383. The fourth-order valence-corrected chi connectivity index (χ4v) is 2.65. The van der Waals surface area contributed by atoms with Crippen molar-refractivity contribution in [1.82, 2.24) is 4.90 Å². The van der Waals surface area contributed by atoms with E-state index < -0.39 is 4.92 Å². The second kappa shape index (κ2) is 9.53. The number of amides is 1. The minimum atomic E-state index is -0.582. The summed E-state index contributed by atoms with van der Waals surface area (Å²) in [5.41, 5.74) is 6.84. The molecule has 2 aromatic rings. The molecule has 0 aromatic heterocycles. The van der Waals surface area contributed by atoms with E-state index in [2.05, 4.69) is 0 Å². The molecule has 2 aromatic carbocycles. The number of anilines is 1. The number of nitro groups is 1. The molecule has 7 heteroatoms. The summed E-state index contributed by atoms with van der Waals surface area (Å²) in [6, 6.07) is 14.2. The summed E-state index contributed by atoms with van der Waals surface area (Å²) < 4.78 is 5.08. The summed E-state index contributed by atoms with van der Waals surface area (Å²) in [5.74, 6) is -0.266. The number of benzene rings is 2. The topological polar surface area (TPSA) is 98.7 Å². The zero-order valence-electron chi connectivity index (χ0n) is 14.8. The number of carbonyl (C=O) groups is 1. The molecule has 0 atom stereocenters. The van der Waals surface area contributed by atoms with Gasteiger partial charge >= 0.3 is 0 Å². The fourth-order valence-electron chi connectivity index (χ4n) is 2.65. The maximum absolute atomic E-state index is 12.8. The van der Waals surface area contributed by atoms with E-state index in [1.807, 2.05) is 30.3 Å². The Labute approximate surface area is 152 Å². The zero-order valence-corrected chi connectivity index (χ0v) is 14.8. The molecule has 0 aliphatic carbocycles. The van der Waals surface area contributed by atoms with Crippen LogP contribution in [0.4, 0.5) is 11.4 Å². The summed E-state index contributed by atoms with van der Waals surface area (Å²) in [6.45, 7) is 1.35. The van der Waals surface area contributed by atoms with Crippen molar-refractivity contribution < 1.29 is 14.5 Å². The van der Waals surface area contributed by atoms with Crippen LogP contribution in [0.15, 0.2) is 48.5 Å². The quantitative estimate of drug-likeness (QED) is 0.423. The Hall–Kier alpha value is -2.93. The standard InChI is InChI=1S/C19H23N3O4/c1-26-13-12-21(11-5-8-15-6-3-2-4-7-15)19(23)16-9-10-17(20)18(14-16)22(24)25/h2-4,6-7,9-10,14H,5,8,11-13,20H2,1H3. The van der Waals surface area contributed by atoms with Gasteiger partial charge in [0.15, 0.2) is 0 Å². The number of carbonyl (C=O) groups excluding carboxylic acids is 1. The predicted octanol–water partition coefficient (Wildman–Crippen LogP) is 2.90. The predicted molar refractivity (Wildman–Crippen MR) is 100 cm³/mol. The number of hydrogen-bond donors (Lipinski definition) is 1. The van der Waals surface area contributed by atoms with E-state index in [0.29, 0.717) is 19.7 Å². The van der Waals surface area contributed by atoms with E-state index in [-0.39, 0.29) is 22.8 Å². The van der Waals surface area contributed by atoms with Crippen LogP contribution in [0.5, 0.6) is 0 Å². The van der Waals surface area contributed by atoms with Gasteiger partial charge in [0.05, 0.1) is 11.5 Å². The second-order valence-corrected chi connectivity index (χ2v) is 5.90. The van der Waals surface area contributed by atoms with Gasteiger partial charge in [0, 0.05) is 31.8 Å². The zero-order chi connectivity index (χ0) is 18.9. The third kappa shape index (κ3) is 5.29. The van der Waals surface area contributed by atoms with Crippen LogP contribution in [0.2, 0.25) is 0 Å². The molecule has 0 bridgehead atoms. The lowest BCUT2D eigenvalue weighted by atomic mass is 10.1. The van der Waals surface area contributed by atoms with Crippen molar-refractivity contribution in [3.8, 4) is 0 Å². The SMILES string of the molecule is COCCN(CCCc1ccccc1)C(=O)c1ccc(N)c([N+](=O)[O-])c1. The van der Waals surface area contributed by atoms with Gasteiger partial charge in [-0.05, 0) is 30.5 Å². The molecular weight excluding hydrogens is 334 g/mol. The Morgan fingerprint density at radius 2 is 1.92 bits per heavy atom. The molecule has 0 heterocycles. The lowest BCUT2D eigenvalue weighted by Crippen LogP contribution is -2.35.